The Labute approximate surface area is 171 Å². The lowest BCUT2D eigenvalue weighted by Gasteiger charge is -2.19. The van der Waals surface area contributed by atoms with Crippen LogP contribution in [0.5, 0.6) is 5.75 Å². The van der Waals surface area contributed by atoms with E-state index in [4.69, 9.17) is 9.15 Å². The average Bonchev–Trinajstić information content (AvgIpc) is 3.19. The van der Waals surface area contributed by atoms with Gasteiger partial charge in [-0.15, -0.1) is 12.4 Å². The van der Waals surface area contributed by atoms with Crippen LogP contribution < -0.4 is 10.2 Å². The third-order valence-electron chi connectivity index (χ3n) is 5.46. The molecule has 2 aromatic carbocycles. The van der Waals surface area contributed by atoms with Gasteiger partial charge >= 0.3 is 0 Å². The van der Waals surface area contributed by atoms with Crippen LogP contribution in [0.3, 0.4) is 0 Å². The van der Waals surface area contributed by atoms with E-state index < -0.39 is 0 Å². The summed E-state index contributed by atoms with van der Waals surface area (Å²) >= 11 is 0. The van der Waals surface area contributed by atoms with E-state index in [-0.39, 0.29) is 17.8 Å². The monoisotopic (exact) mass is 399 g/mol. The van der Waals surface area contributed by atoms with Gasteiger partial charge in [0.1, 0.15) is 17.1 Å². The minimum absolute atomic E-state index is 0. The lowest BCUT2D eigenvalue weighted by Crippen LogP contribution is -2.19. The van der Waals surface area contributed by atoms with Crippen molar-refractivity contribution in [1.82, 2.24) is 4.90 Å². The quantitative estimate of drug-likeness (QED) is 0.611. The molecule has 2 heterocycles. The van der Waals surface area contributed by atoms with Crippen LogP contribution >= 0.6 is 12.4 Å². The summed E-state index contributed by atoms with van der Waals surface area (Å²) in [6.07, 6.45) is 2.43. The highest BCUT2D eigenvalue weighted by molar-refractivity contribution is 5.85. The molecule has 0 aliphatic carbocycles. The first-order chi connectivity index (χ1) is 13.1. The van der Waals surface area contributed by atoms with Crippen molar-refractivity contribution < 1.29 is 9.15 Å². The Morgan fingerprint density at radius 2 is 1.71 bits per heavy atom. The third-order valence-corrected chi connectivity index (χ3v) is 5.46. The highest BCUT2D eigenvalue weighted by Gasteiger charge is 2.21. The van der Waals surface area contributed by atoms with Gasteiger partial charge in [0, 0.05) is 17.7 Å². The van der Waals surface area contributed by atoms with E-state index in [0.717, 1.165) is 36.5 Å². The van der Waals surface area contributed by atoms with E-state index in [1.165, 1.54) is 18.4 Å². The number of methoxy groups -OCH3 is 1. The van der Waals surface area contributed by atoms with Gasteiger partial charge in [-0.1, -0.05) is 29.8 Å². The van der Waals surface area contributed by atoms with Gasteiger partial charge in [-0.25, -0.2) is 0 Å². The molecule has 0 radical (unpaired) electrons. The molecular weight excluding hydrogens is 374 g/mol. The molecule has 1 aliphatic heterocycles. The molecule has 3 aromatic rings. The number of likely N-dealkylation sites (tertiary alicyclic amines) is 1. The topological polar surface area (TPSA) is 42.7 Å². The van der Waals surface area contributed by atoms with Gasteiger partial charge in [0.2, 0.25) is 0 Å². The second kappa shape index (κ2) is 8.38. The van der Waals surface area contributed by atoms with Crippen LogP contribution in [0.25, 0.3) is 22.3 Å². The molecule has 0 unspecified atom stereocenters. The van der Waals surface area contributed by atoms with Gasteiger partial charge in [0.15, 0.2) is 5.43 Å². The first-order valence-corrected chi connectivity index (χ1v) is 9.51. The van der Waals surface area contributed by atoms with Gasteiger partial charge in [-0.05, 0) is 51.9 Å². The maximum Gasteiger partial charge on any atom is 0.196 e. The summed E-state index contributed by atoms with van der Waals surface area (Å²) in [5, 5.41) is 0.623. The Hall–Kier alpha value is -2.30. The molecule has 1 aliphatic rings. The van der Waals surface area contributed by atoms with Gasteiger partial charge in [-0.2, -0.15) is 0 Å². The maximum atomic E-state index is 13.1. The molecular formula is C23H26ClNO3. The third kappa shape index (κ3) is 3.67. The normalized spacial score (nSPS) is 14.2. The number of nitrogens with zero attached hydrogens (tertiary/aromatic N) is 1. The van der Waals surface area contributed by atoms with Crippen LogP contribution in [-0.2, 0) is 6.54 Å². The van der Waals surface area contributed by atoms with Gasteiger partial charge < -0.3 is 9.15 Å². The van der Waals surface area contributed by atoms with E-state index in [0.29, 0.717) is 22.3 Å². The summed E-state index contributed by atoms with van der Waals surface area (Å²) in [7, 11) is 1.67. The van der Waals surface area contributed by atoms with E-state index in [1.54, 1.807) is 7.11 Å². The standard InChI is InChI=1S/C23H25NO3.ClH/c1-15-6-8-17(9-7-15)22-16(2)21(25)18-10-11-20(26-3)19(23(18)27-22)14-24-12-4-5-13-24;/h6-11H,4-5,12-14H2,1-3H3;1H. The molecule has 0 saturated carbocycles. The summed E-state index contributed by atoms with van der Waals surface area (Å²) in [4.78, 5) is 15.5. The zero-order chi connectivity index (χ0) is 19.0. The van der Waals surface area contributed by atoms with Gasteiger partial charge in [-0.3, -0.25) is 9.69 Å². The van der Waals surface area contributed by atoms with Gasteiger partial charge in [0.25, 0.3) is 0 Å². The fourth-order valence-corrected chi connectivity index (χ4v) is 3.87. The lowest BCUT2D eigenvalue weighted by molar-refractivity contribution is 0.320. The minimum atomic E-state index is 0. The fourth-order valence-electron chi connectivity index (χ4n) is 3.87. The number of aryl methyl sites for hydroxylation is 1. The average molecular weight is 400 g/mol. The van der Waals surface area contributed by atoms with Crippen molar-refractivity contribution >= 4 is 23.4 Å². The molecule has 0 bridgehead atoms. The van der Waals surface area contributed by atoms with Gasteiger partial charge in [0.05, 0.1) is 18.1 Å². The summed E-state index contributed by atoms with van der Waals surface area (Å²) in [6.45, 7) is 6.76. The first kappa shape index (κ1) is 20.4. The molecule has 5 heteroatoms. The van der Waals surface area contributed by atoms with E-state index in [9.17, 15) is 4.79 Å². The predicted molar refractivity (Wildman–Crippen MR) is 116 cm³/mol. The fraction of sp³-hybridized carbons (Fsp3) is 0.348. The lowest BCUT2D eigenvalue weighted by atomic mass is 10.0. The highest BCUT2D eigenvalue weighted by atomic mass is 35.5. The molecule has 0 spiro atoms. The number of benzene rings is 2. The molecule has 4 nitrogen and oxygen atoms in total. The number of fused-ring (bicyclic) bond motifs is 1. The number of hydrogen-bond donors (Lipinski definition) is 0. The molecule has 4 rings (SSSR count). The maximum absolute atomic E-state index is 13.1. The van der Waals surface area contributed by atoms with Crippen LogP contribution in [-0.4, -0.2) is 25.1 Å². The van der Waals surface area contributed by atoms with Crippen LogP contribution in [0.4, 0.5) is 0 Å². The van der Waals surface area contributed by atoms with Crippen LogP contribution in [0, 0.1) is 13.8 Å². The molecule has 1 fully saturated rings. The largest absolute Gasteiger partial charge is 0.496 e. The van der Waals surface area contributed by atoms with Crippen molar-refractivity contribution in [2.45, 2.75) is 33.2 Å². The van der Waals surface area contributed by atoms with Crippen molar-refractivity contribution in [2.24, 2.45) is 0 Å². The molecule has 1 aromatic heterocycles. The molecule has 0 amide bonds. The summed E-state index contributed by atoms with van der Waals surface area (Å²) in [5.74, 6) is 1.42. The second-order valence-corrected chi connectivity index (χ2v) is 7.36. The first-order valence-electron chi connectivity index (χ1n) is 9.51. The van der Waals surface area contributed by atoms with Crippen molar-refractivity contribution in [1.29, 1.82) is 0 Å². The van der Waals surface area contributed by atoms with Crippen molar-refractivity contribution in [3.63, 3.8) is 0 Å². The van der Waals surface area contributed by atoms with Crippen LogP contribution in [0.15, 0.2) is 45.6 Å². The van der Waals surface area contributed by atoms with E-state index in [1.807, 2.05) is 50.2 Å². The number of rotatable bonds is 4. The Kier molecular flexibility index (Phi) is 6.11. The zero-order valence-corrected chi connectivity index (χ0v) is 17.4. The Morgan fingerprint density at radius 1 is 1.04 bits per heavy atom. The molecule has 28 heavy (non-hydrogen) atoms. The Balaban J connectivity index is 0.00000225. The van der Waals surface area contributed by atoms with Crippen molar-refractivity contribution in [3.8, 4) is 17.1 Å². The molecule has 0 atom stereocenters. The van der Waals surface area contributed by atoms with Crippen molar-refractivity contribution in [3.05, 3.63) is 63.3 Å². The smallest absolute Gasteiger partial charge is 0.196 e. The summed E-state index contributed by atoms with van der Waals surface area (Å²) in [5.41, 5.74) is 4.37. The van der Waals surface area contributed by atoms with E-state index >= 15 is 0 Å². The van der Waals surface area contributed by atoms with Crippen LogP contribution in [0.2, 0.25) is 0 Å². The summed E-state index contributed by atoms with van der Waals surface area (Å²) < 4.78 is 12.0. The molecule has 148 valence electrons. The second-order valence-electron chi connectivity index (χ2n) is 7.36. The minimum Gasteiger partial charge on any atom is -0.496 e. The number of hydrogen-bond acceptors (Lipinski definition) is 4. The highest BCUT2D eigenvalue weighted by Crippen LogP contribution is 2.33. The molecule has 1 saturated heterocycles. The Bertz CT molecular complexity index is 1030. The van der Waals surface area contributed by atoms with Crippen molar-refractivity contribution in [2.75, 3.05) is 20.2 Å². The summed E-state index contributed by atoms with van der Waals surface area (Å²) in [6, 6.07) is 11.8. The SMILES string of the molecule is COc1ccc2c(=O)c(C)c(-c3ccc(C)cc3)oc2c1CN1CCCC1.Cl. The number of halogens is 1. The van der Waals surface area contributed by atoms with Crippen LogP contribution in [0.1, 0.15) is 29.5 Å². The molecule has 0 N–H and O–H groups in total. The zero-order valence-electron chi connectivity index (χ0n) is 16.6. The predicted octanol–water partition coefficient (Wildman–Crippen LogP) is 5.10. The Morgan fingerprint density at radius 3 is 2.36 bits per heavy atom. The van der Waals surface area contributed by atoms with E-state index in [2.05, 4.69) is 4.90 Å². The number of ether oxygens (including phenoxy) is 1.